The Hall–Kier alpha value is -3.60. The minimum absolute atomic E-state index is 0.160. The SMILES string of the molecule is CC(ONC(=O)C(CC(F)(F)F)NC(=O)OCC1c2ccccc2-c2ccccc21)C(=O)O. The summed E-state index contributed by atoms with van der Waals surface area (Å²) in [5, 5.41) is 10.6. The predicted octanol–water partition coefficient (Wildman–Crippen LogP) is 3.37. The van der Waals surface area contributed by atoms with Gasteiger partial charge in [0, 0.05) is 5.92 Å². The number of hydroxylamine groups is 1. The number of halogens is 3. The van der Waals surface area contributed by atoms with Gasteiger partial charge < -0.3 is 15.2 Å². The summed E-state index contributed by atoms with van der Waals surface area (Å²) >= 11 is 0. The van der Waals surface area contributed by atoms with Crippen LogP contribution in [0.15, 0.2) is 48.5 Å². The Morgan fingerprint density at radius 1 is 1.03 bits per heavy atom. The zero-order valence-electron chi connectivity index (χ0n) is 17.4. The molecule has 176 valence electrons. The molecule has 0 aromatic heterocycles. The summed E-state index contributed by atoms with van der Waals surface area (Å²) in [6.07, 6.45) is -9.23. The second-order valence-corrected chi connectivity index (χ2v) is 7.41. The second-order valence-electron chi connectivity index (χ2n) is 7.41. The summed E-state index contributed by atoms with van der Waals surface area (Å²) < 4.78 is 43.9. The van der Waals surface area contributed by atoms with Crippen molar-refractivity contribution in [1.29, 1.82) is 0 Å². The van der Waals surface area contributed by atoms with Crippen LogP contribution in [0, 0.1) is 0 Å². The topological polar surface area (TPSA) is 114 Å². The Bertz CT molecular complexity index is 997. The lowest BCUT2D eigenvalue weighted by atomic mass is 9.98. The molecule has 2 atom stereocenters. The van der Waals surface area contributed by atoms with Crippen LogP contribution in [-0.2, 0) is 19.2 Å². The molecule has 0 saturated carbocycles. The van der Waals surface area contributed by atoms with Crippen LogP contribution in [0.4, 0.5) is 18.0 Å². The molecule has 0 spiro atoms. The fraction of sp³-hybridized carbons (Fsp3) is 0.318. The van der Waals surface area contributed by atoms with E-state index in [4.69, 9.17) is 9.84 Å². The zero-order valence-corrected chi connectivity index (χ0v) is 17.4. The highest BCUT2D eigenvalue weighted by Gasteiger charge is 2.37. The monoisotopic (exact) mass is 466 g/mol. The van der Waals surface area contributed by atoms with E-state index in [1.165, 1.54) is 0 Å². The molecule has 0 bridgehead atoms. The number of carboxylic acid groups (broad SMARTS) is 1. The summed E-state index contributed by atoms with van der Waals surface area (Å²) in [6, 6.07) is 12.9. The highest BCUT2D eigenvalue weighted by atomic mass is 19.4. The van der Waals surface area contributed by atoms with E-state index in [-0.39, 0.29) is 12.5 Å². The summed E-state index contributed by atoms with van der Waals surface area (Å²) in [4.78, 5) is 39.6. The van der Waals surface area contributed by atoms with Crippen molar-refractivity contribution >= 4 is 18.0 Å². The number of carbonyl (C=O) groups excluding carboxylic acids is 2. The molecule has 0 aliphatic heterocycles. The second kappa shape index (κ2) is 9.90. The van der Waals surface area contributed by atoms with E-state index < -0.39 is 42.7 Å². The molecule has 33 heavy (non-hydrogen) atoms. The third kappa shape index (κ3) is 6.01. The third-order valence-electron chi connectivity index (χ3n) is 5.07. The molecular weight excluding hydrogens is 445 g/mol. The first-order valence-corrected chi connectivity index (χ1v) is 9.93. The normalized spacial score (nSPS) is 14.5. The first kappa shape index (κ1) is 24.1. The van der Waals surface area contributed by atoms with Gasteiger partial charge in [-0.25, -0.2) is 15.1 Å². The number of aliphatic carboxylic acids is 1. The van der Waals surface area contributed by atoms with Crippen molar-refractivity contribution in [3.05, 3.63) is 59.7 Å². The average molecular weight is 466 g/mol. The maximum Gasteiger partial charge on any atom is 0.407 e. The van der Waals surface area contributed by atoms with Gasteiger partial charge in [-0.15, -0.1) is 0 Å². The molecule has 8 nitrogen and oxygen atoms in total. The van der Waals surface area contributed by atoms with Crippen LogP contribution in [0.1, 0.15) is 30.4 Å². The highest BCUT2D eigenvalue weighted by Crippen LogP contribution is 2.44. The number of rotatable bonds is 8. The van der Waals surface area contributed by atoms with Gasteiger partial charge in [-0.3, -0.25) is 9.63 Å². The van der Waals surface area contributed by atoms with E-state index in [2.05, 4.69) is 4.84 Å². The molecule has 3 rings (SSSR count). The number of ether oxygens (including phenoxy) is 1. The molecule has 0 radical (unpaired) electrons. The molecule has 3 N–H and O–H groups in total. The predicted molar refractivity (Wildman–Crippen MR) is 109 cm³/mol. The number of nitrogens with one attached hydrogen (secondary N) is 2. The van der Waals surface area contributed by atoms with Gasteiger partial charge in [-0.05, 0) is 29.2 Å². The molecule has 0 fully saturated rings. The minimum atomic E-state index is -4.79. The number of carboxylic acids is 1. The Morgan fingerprint density at radius 2 is 1.58 bits per heavy atom. The lowest BCUT2D eigenvalue weighted by Gasteiger charge is -2.21. The first-order chi connectivity index (χ1) is 15.6. The van der Waals surface area contributed by atoms with E-state index in [9.17, 15) is 27.6 Å². The molecule has 2 aromatic rings. The standard InChI is InChI=1S/C22H21F3N2O6/c1-12(20(29)30)33-27-19(28)18(10-22(23,24)25)26-21(31)32-11-17-15-8-4-2-6-13(15)14-7-3-5-9-16(14)17/h2-9,12,17-18H,10-11H2,1H3,(H,26,31)(H,27,28)(H,29,30). The van der Waals surface area contributed by atoms with Crippen LogP contribution >= 0.6 is 0 Å². The van der Waals surface area contributed by atoms with Gasteiger partial charge in [-0.1, -0.05) is 48.5 Å². The number of hydrogen-bond donors (Lipinski definition) is 3. The summed E-state index contributed by atoms with van der Waals surface area (Å²) in [5.74, 6) is -3.13. The van der Waals surface area contributed by atoms with Crippen molar-refractivity contribution < 1.29 is 42.2 Å². The van der Waals surface area contributed by atoms with Gasteiger partial charge in [0.05, 0.1) is 6.42 Å². The molecule has 2 unspecified atom stereocenters. The van der Waals surface area contributed by atoms with Crippen LogP contribution < -0.4 is 10.8 Å². The Morgan fingerprint density at radius 3 is 2.09 bits per heavy atom. The Labute approximate surface area is 186 Å². The molecule has 1 aliphatic carbocycles. The van der Waals surface area contributed by atoms with Gasteiger partial charge in [0.25, 0.3) is 5.91 Å². The Kier molecular flexibility index (Phi) is 7.22. The van der Waals surface area contributed by atoms with E-state index in [1.807, 2.05) is 53.8 Å². The van der Waals surface area contributed by atoms with Crippen LogP contribution in [0.3, 0.4) is 0 Å². The lowest BCUT2D eigenvalue weighted by molar-refractivity contribution is -0.165. The molecule has 11 heteroatoms. The first-order valence-electron chi connectivity index (χ1n) is 9.93. The molecule has 2 amide bonds. The fourth-order valence-electron chi connectivity index (χ4n) is 3.49. The number of alkyl halides is 3. The quantitative estimate of drug-likeness (QED) is 0.514. The fourth-order valence-corrected chi connectivity index (χ4v) is 3.49. The Balaban J connectivity index is 1.66. The lowest BCUT2D eigenvalue weighted by Crippen LogP contribution is -2.50. The summed E-state index contributed by atoms with van der Waals surface area (Å²) in [6.45, 7) is 0.910. The molecule has 2 aromatic carbocycles. The smallest absolute Gasteiger partial charge is 0.407 e. The highest BCUT2D eigenvalue weighted by molar-refractivity contribution is 5.85. The van der Waals surface area contributed by atoms with Crippen molar-refractivity contribution in [3.8, 4) is 11.1 Å². The van der Waals surface area contributed by atoms with Crippen LogP contribution in [0.2, 0.25) is 0 Å². The number of amides is 2. The summed E-state index contributed by atoms with van der Waals surface area (Å²) in [5.41, 5.74) is 5.39. The van der Waals surface area contributed by atoms with Crippen molar-refractivity contribution in [2.75, 3.05) is 6.61 Å². The van der Waals surface area contributed by atoms with Gasteiger partial charge in [0.1, 0.15) is 12.6 Å². The van der Waals surface area contributed by atoms with Crippen molar-refractivity contribution in [2.45, 2.75) is 37.6 Å². The van der Waals surface area contributed by atoms with E-state index in [1.54, 1.807) is 5.48 Å². The van der Waals surface area contributed by atoms with Crippen LogP contribution in [-0.4, -0.2) is 48.0 Å². The van der Waals surface area contributed by atoms with E-state index >= 15 is 0 Å². The van der Waals surface area contributed by atoms with E-state index in [0.29, 0.717) is 0 Å². The molecular formula is C22H21F3N2O6. The summed E-state index contributed by atoms with van der Waals surface area (Å²) in [7, 11) is 0. The van der Waals surface area contributed by atoms with Gasteiger partial charge in [-0.2, -0.15) is 13.2 Å². The van der Waals surface area contributed by atoms with Crippen molar-refractivity contribution in [3.63, 3.8) is 0 Å². The number of alkyl carbamates (subject to hydrolysis) is 1. The average Bonchev–Trinajstić information content (AvgIpc) is 3.08. The van der Waals surface area contributed by atoms with Gasteiger partial charge in [0.15, 0.2) is 6.10 Å². The number of hydrogen-bond acceptors (Lipinski definition) is 5. The number of benzene rings is 2. The van der Waals surface area contributed by atoms with Gasteiger partial charge in [0.2, 0.25) is 0 Å². The molecule has 0 saturated heterocycles. The maximum absolute atomic E-state index is 12.9. The van der Waals surface area contributed by atoms with Crippen LogP contribution in [0.25, 0.3) is 11.1 Å². The number of fused-ring (bicyclic) bond motifs is 3. The third-order valence-corrected chi connectivity index (χ3v) is 5.07. The maximum atomic E-state index is 12.9. The molecule has 1 aliphatic rings. The largest absolute Gasteiger partial charge is 0.479 e. The van der Waals surface area contributed by atoms with Crippen molar-refractivity contribution in [2.24, 2.45) is 0 Å². The minimum Gasteiger partial charge on any atom is -0.479 e. The molecule has 0 heterocycles. The van der Waals surface area contributed by atoms with Crippen LogP contribution in [0.5, 0.6) is 0 Å². The van der Waals surface area contributed by atoms with Crippen molar-refractivity contribution in [1.82, 2.24) is 10.8 Å². The number of carbonyl (C=O) groups is 3. The zero-order chi connectivity index (χ0) is 24.2. The van der Waals surface area contributed by atoms with E-state index in [0.717, 1.165) is 29.2 Å². The van der Waals surface area contributed by atoms with Gasteiger partial charge >= 0.3 is 18.2 Å².